The van der Waals surface area contributed by atoms with Gasteiger partial charge >= 0.3 is 0 Å². The molecule has 0 saturated carbocycles. The average molecular weight is 142 g/mol. The third kappa shape index (κ3) is 3.12. The molecule has 0 aromatic carbocycles. The van der Waals surface area contributed by atoms with Crippen LogP contribution in [0.4, 0.5) is 0 Å². The van der Waals surface area contributed by atoms with E-state index in [2.05, 4.69) is 11.9 Å². The highest BCUT2D eigenvalue weighted by molar-refractivity contribution is 5.79. The van der Waals surface area contributed by atoms with Gasteiger partial charge in [0.1, 0.15) is 6.04 Å². The monoisotopic (exact) mass is 142 g/mol. The number of primary amides is 1. The minimum Gasteiger partial charge on any atom is -0.378 e. The van der Waals surface area contributed by atoms with Gasteiger partial charge in [-0.05, 0) is 13.3 Å². The molecule has 58 valence electrons. The molecule has 3 nitrogen and oxygen atoms in total. The number of hydrogen-bond acceptors (Lipinski definition) is 2. The van der Waals surface area contributed by atoms with Gasteiger partial charge in [0.25, 0.3) is 0 Å². The highest BCUT2D eigenvalue weighted by atomic mass is 16.1. The fourth-order valence-corrected chi connectivity index (χ4v) is 0.479. The maximum atomic E-state index is 10.5. The summed E-state index contributed by atoms with van der Waals surface area (Å²) in [6.07, 6.45) is 0.817. The zero-order valence-corrected chi connectivity index (χ0v) is 6.48. The number of nitrogens with two attached hydrogens (primary N) is 1. The van der Waals surface area contributed by atoms with Crippen molar-refractivity contribution in [3.63, 3.8) is 0 Å². The van der Waals surface area contributed by atoms with Crippen molar-refractivity contribution < 1.29 is 4.79 Å². The van der Waals surface area contributed by atoms with Crippen LogP contribution in [0.5, 0.6) is 0 Å². The first-order valence-electron chi connectivity index (χ1n) is 3.31. The molecule has 0 rings (SSSR count). The van der Waals surface area contributed by atoms with Crippen LogP contribution in [0.3, 0.4) is 0 Å². The normalized spacial score (nSPS) is 12.2. The molecule has 0 aliphatic carbocycles. The number of carbonyl (C=O) groups excluding carboxylic acids is 1. The first-order chi connectivity index (χ1) is 4.57. The number of rotatable bonds is 4. The van der Waals surface area contributed by atoms with E-state index in [0.717, 1.165) is 12.1 Å². The second-order valence-corrected chi connectivity index (χ2v) is 2.23. The average Bonchev–Trinajstić information content (AvgIpc) is 1.87. The van der Waals surface area contributed by atoms with Gasteiger partial charge in [0.15, 0.2) is 0 Å². The Hall–Kier alpha value is -0.990. The fourth-order valence-electron chi connectivity index (χ4n) is 0.479. The van der Waals surface area contributed by atoms with Gasteiger partial charge in [-0.1, -0.05) is 13.5 Å². The van der Waals surface area contributed by atoms with E-state index in [1.165, 1.54) is 0 Å². The lowest BCUT2D eigenvalue weighted by Crippen LogP contribution is -2.37. The highest BCUT2D eigenvalue weighted by Crippen LogP contribution is 1.92. The van der Waals surface area contributed by atoms with E-state index >= 15 is 0 Å². The standard InChI is InChI=1S/C7H14N2O/c1-4-5(2)9-6(3)7(8)10/h6,9H,2,4H2,1,3H3,(H2,8,10). The van der Waals surface area contributed by atoms with E-state index < -0.39 is 0 Å². The molecule has 0 fully saturated rings. The summed E-state index contributed by atoms with van der Waals surface area (Å²) in [7, 11) is 0. The molecule has 0 radical (unpaired) electrons. The molecule has 0 saturated heterocycles. The summed E-state index contributed by atoms with van der Waals surface area (Å²) in [6, 6.07) is -0.313. The molecule has 0 spiro atoms. The molecule has 0 aromatic heterocycles. The van der Waals surface area contributed by atoms with E-state index in [1.54, 1.807) is 6.92 Å². The fraction of sp³-hybridized carbons (Fsp3) is 0.571. The van der Waals surface area contributed by atoms with Crippen molar-refractivity contribution in [3.05, 3.63) is 12.3 Å². The molecular formula is C7H14N2O. The van der Waals surface area contributed by atoms with Crippen LogP contribution in [0.15, 0.2) is 12.3 Å². The smallest absolute Gasteiger partial charge is 0.239 e. The van der Waals surface area contributed by atoms with Crippen LogP contribution in [0.25, 0.3) is 0 Å². The maximum Gasteiger partial charge on any atom is 0.239 e. The number of allylic oxidation sites excluding steroid dienone is 1. The highest BCUT2D eigenvalue weighted by Gasteiger charge is 2.06. The van der Waals surface area contributed by atoms with Crippen molar-refractivity contribution in [1.29, 1.82) is 0 Å². The van der Waals surface area contributed by atoms with Crippen molar-refractivity contribution in [1.82, 2.24) is 5.32 Å². The van der Waals surface area contributed by atoms with Crippen LogP contribution >= 0.6 is 0 Å². The molecule has 1 amide bonds. The SMILES string of the molecule is C=C(CC)NC(C)C(N)=O. The van der Waals surface area contributed by atoms with Gasteiger partial charge in [-0.3, -0.25) is 4.79 Å². The van der Waals surface area contributed by atoms with Crippen molar-refractivity contribution in [3.8, 4) is 0 Å². The first-order valence-corrected chi connectivity index (χ1v) is 3.31. The summed E-state index contributed by atoms with van der Waals surface area (Å²) in [5.41, 5.74) is 5.84. The van der Waals surface area contributed by atoms with Gasteiger partial charge < -0.3 is 11.1 Å². The lowest BCUT2D eigenvalue weighted by atomic mass is 10.3. The van der Waals surface area contributed by atoms with Crippen molar-refractivity contribution in [2.75, 3.05) is 0 Å². The Kier molecular flexibility index (Phi) is 3.54. The number of hydrogen-bond donors (Lipinski definition) is 2. The largest absolute Gasteiger partial charge is 0.378 e. The van der Waals surface area contributed by atoms with E-state index in [-0.39, 0.29) is 11.9 Å². The molecular weight excluding hydrogens is 128 g/mol. The Balaban J connectivity index is 3.68. The van der Waals surface area contributed by atoms with Crippen LogP contribution in [0.1, 0.15) is 20.3 Å². The molecule has 3 heteroatoms. The molecule has 1 atom stereocenters. The summed E-state index contributed by atoms with van der Waals surface area (Å²) in [5.74, 6) is -0.352. The molecule has 0 aliphatic heterocycles. The van der Waals surface area contributed by atoms with Crippen molar-refractivity contribution in [2.24, 2.45) is 5.73 Å². The summed E-state index contributed by atoms with van der Waals surface area (Å²) >= 11 is 0. The minimum atomic E-state index is -0.352. The molecule has 0 aromatic rings. The predicted molar refractivity (Wildman–Crippen MR) is 41.2 cm³/mol. The summed E-state index contributed by atoms with van der Waals surface area (Å²) in [6.45, 7) is 7.35. The van der Waals surface area contributed by atoms with Crippen LogP contribution in [0.2, 0.25) is 0 Å². The first kappa shape index (κ1) is 9.01. The Morgan fingerprint density at radius 2 is 2.30 bits per heavy atom. The Labute approximate surface area is 61.3 Å². The van der Waals surface area contributed by atoms with E-state index in [0.29, 0.717) is 0 Å². The summed E-state index contributed by atoms with van der Waals surface area (Å²) in [5, 5.41) is 2.86. The predicted octanol–water partition coefficient (Wildman–Crippen LogP) is 0.374. The lowest BCUT2D eigenvalue weighted by Gasteiger charge is -2.11. The molecule has 3 N–H and O–H groups in total. The van der Waals surface area contributed by atoms with E-state index in [9.17, 15) is 4.79 Å². The summed E-state index contributed by atoms with van der Waals surface area (Å²) in [4.78, 5) is 10.5. The Morgan fingerprint density at radius 3 is 2.60 bits per heavy atom. The maximum absolute atomic E-state index is 10.5. The van der Waals surface area contributed by atoms with Gasteiger partial charge in [-0.2, -0.15) is 0 Å². The van der Waals surface area contributed by atoms with Crippen LogP contribution in [-0.4, -0.2) is 11.9 Å². The van der Waals surface area contributed by atoms with Crippen molar-refractivity contribution >= 4 is 5.91 Å². The zero-order chi connectivity index (χ0) is 8.15. The lowest BCUT2D eigenvalue weighted by molar-refractivity contribution is -0.119. The van der Waals surface area contributed by atoms with Gasteiger partial charge in [-0.15, -0.1) is 0 Å². The molecule has 1 unspecified atom stereocenters. The number of amides is 1. The molecule has 10 heavy (non-hydrogen) atoms. The number of nitrogens with one attached hydrogen (secondary N) is 1. The second kappa shape index (κ2) is 3.93. The topological polar surface area (TPSA) is 55.1 Å². The minimum absolute atomic E-state index is 0.313. The third-order valence-electron chi connectivity index (χ3n) is 1.27. The quantitative estimate of drug-likeness (QED) is 0.596. The van der Waals surface area contributed by atoms with Gasteiger partial charge in [0.05, 0.1) is 0 Å². The van der Waals surface area contributed by atoms with Crippen molar-refractivity contribution in [2.45, 2.75) is 26.3 Å². The van der Waals surface area contributed by atoms with Crippen LogP contribution in [-0.2, 0) is 4.79 Å². The molecule has 0 bridgehead atoms. The Bertz CT molecular complexity index is 143. The summed E-state index contributed by atoms with van der Waals surface area (Å²) < 4.78 is 0. The van der Waals surface area contributed by atoms with Crippen LogP contribution in [0, 0.1) is 0 Å². The third-order valence-corrected chi connectivity index (χ3v) is 1.27. The molecule has 0 heterocycles. The second-order valence-electron chi connectivity index (χ2n) is 2.23. The van der Waals surface area contributed by atoms with Gasteiger partial charge in [0, 0.05) is 5.70 Å². The van der Waals surface area contributed by atoms with Gasteiger partial charge in [-0.25, -0.2) is 0 Å². The van der Waals surface area contributed by atoms with Crippen LogP contribution < -0.4 is 11.1 Å². The van der Waals surface area contributed by atoms with E-state index in [4.69, 9.17) is 5.73 Å². The van der Waals surface area contributed by atoms with E-state index in [1.807, 2.05) is 6.92 Å². The zero-order valence-electron chi connectivity index (χ0n) is 6.48. The van der Waals surface area contributed by atoms with Gasteiger partial charge in [0.2, 0.25) is 5.91 Å². The number of carbonyl (C=O) groups is 1. The molecule has 0 aliphatic rings. The Morgan fingerprint density at radius 1 is 1.80 bits per heavy atom.